The van der Waals surface area contributed by atoms with Gasteiger partial charge in [0.2, 0.25) is 0 Å². The molecule has 4 aliphatic rings. The Morgan fingerprint density at radius 1 is 1.00 bits per heavy atom. The molecule has 3 fully saturated rings. The fraction of sp³-hybridized carbons (Fsp3) is 0.926. The number of fused-ring (bicyclic) bond motifs is 5. The second kappa shape index (κ2) is 7.94. The minimum atomic E-state index is 0.396. The van der Waals surface area contributed by atoms with Gasteiger partial charge in [-0.15, -0.1) is 11.6 Å². The smallest absolute Gasteiger partial charge is 0.0373 e. The van der Waals surface area contributed by atoms with E-state index >= 15 is 0 Å². The van der Waals surface area contributed by atoms with Crippen molar-refractivity contribution in [2.24, 2.45) is 46.3 Å². The zero-order valence-corrected chi connectivity index (χ0v) is 20.0. The quantitative estimate of drug-likeness (QED) is 0.317. The molecule has 160 valence electrons. The molecule has 4 rings (SSSR count). The predicted molar refractivity (Wildman–Crippen MR) is 123 cm³/mol. The van der Waals surface area contributed by atoms with Crippen LogP contribution in [0.25, 0.3) is 0 Å². The first-order valence-corrected chi connectivity index (χ1v) is 13.0. The Bertz CT molecular complexity index is 591. The molecule has 0 spiro atoms. The van der Waals surface area contributed by atoms with Gasteiger partial charge in [0.25, 0.3) is 0 Å². The van der Waals surface area contributed by atoms with Gasteiger partial charge in [0, 0.05) is 5.38 Å². The number of allylic oxidation sites excluding steroid dienone is 2. The fourth-order valence-electron chi connectivity index (χ4n) is 8.64. The molecule has 1 heteroatoms. The Labute approximate surface area is 180 Å². The van der Waals surface area contributed by atoms with Gasteiger partial charge in [0.05, 0.1) is 0 Å². The van der Waals surface area contributed by atoms with Crippen LogP contribution in [0.15, 0.2) is 11.6 Å². The molecule has 0 N–H and O–H groups in total. The number of hydrogen-bond donors (Lipinski definition) is 0. The van der Waals surface area contributed by atoms with Crippen LogP contribution >= 0.6 is 11.6 Å². The van der Waals surface area contributed by atoms with Gasteiger partial charge in [0.15, 0.2) is 0 Å². The van der Waals surface area contributed by atoms with Crippen LogP contribution in [0, 0.1) is 46.3 Å². The summed E-state index contributed by atoms with van der Waals surface area (Å²) >= 11 is 6.56. The van der Waals surface area contributed by atoms with E-state index in [-0.39, 0.29) is 0 Å². The van der Waals surface area contributed by atoms with E-state index in [0.717, 1.165) is 35.5 Å². The lowest BCUT2D eigenvalue weighted by molar-refractivity contribution is -0.0498. The van der Waals surface area contributed by atoms with Gasteiger partial charge in [-0.1, -0.05) is 65.5 Å². The van der Waals surface area contributed by atoms with Gasteiger partial charge in [-0.05, 0) is 97.7 Å². The fourth-order valence-corrected chi connectivity index (χ4v) is 8.92. The standard InChI is InChI=1S/C27H45Cl/c1-18(2)7-6-8-19(3)23-11-12-24-22-10-9-20-17-21(28)13-15-26(20,4)25(22)14-16-27(23,24)5/h9,18-19,21-25H,6-8,10-17H2,1-5H3/t19-,21+,22-,23-,24+,25+,26-,27+/m0/s1. The van der Waals surface area contributed by atoms with Gasteiger partial charge in [-0.25, -0.2) is 0 Å². The summed E-state index contributed by atoms with van der Waals surface area (Å²) in [7, 11) is 0. The van der Waals surface area contributed by atoms with Crippen LogP contribution in [0.5, 0.6) is 0 Å². The van der Waals surface area contributed by atoms with Crippen molar-refractivity contribution < 1.29 is 0 Å². The average Bonchev–Trinajstić information content (AvgIpc) is 2.99. The molecular weight excluding hydrogens is 360 g/mol. The lowest BCUT2D eigenvalue weighted by atomic mass is 9.47. The van der Waals surface area contributed by atoms with Crippen molar-refractivity contribution in [3.05, 3.63) is 11.6 Å². The normalized spacial score (nSPS) is 46.5. The number of rotatable bonds is 5. The topological polar surface area (TPSA) is 0 Å². The molecule has 0 bridgehead atoms. The maximum absolute atomic E-state index is 6.56. The molecule has 0 aliphatic heterocycles. The number of halogens is 1. The third-order valence-electron chi connectivity index (χ3n) is 10.2. The minimum Gasteiger partial charge on any atom is -0.123 e. The van der Waals surface area contributed by atoms with E-state index in [9.17, 15) is 0 Å². The van der Waals surface area contributed by atoms with E-state index in [2.05, 4.69) is 40.7 Å². The lowest BCUT2D eigenvalue weighted by Gasteiger charge is -2.58. The molecule has 0 nitrogen and oxygen atoms in total. The predicted octanol–water partition coefficient (Wildman–Crippen LogP) is 8.64. The summed E-state index contributed by atoms with van der Waals surface area (Å²) in [4.78, 5) is 0. The van der Waals surface area contributed by atoms with Crippen molar-refractivity contribution in [2.75, 3.05) is 0 Å². The highest BCUT2D eigenvalue weighted by Crippen LogP contribution is 2.67. The van der Waals surface area contributed by atoms with Crippen LogP contribution in [-0.2, 0) is 0 Å². The summed E-state index contributed by atoms with van der Waals surface area (Å²) in [5.41, 5.74) is 2.82. The third-order valence-corrected chi connectivity index (χ3v) is 10.6. The van der Waals surface area contributed by atoms with Gasteiger partial charge in [-0.2, -0.15) is 0 Å². The van der Waals surface area contributed by atoms with Gasteiger partial charge < -0.3 is 0 Å². The SMILES string of the molecule is CC(C)CCC[C@H](C)[C@@H]1CC[C@@H]2[C@@H]3CC=C4C[C@H](Cl)CC[C@]4(C)[C@@H]3CC[C@@]21C. The van der Waals surface area contributed by atoms with Crippen molar-refractivity contribution >= 4 is 11.6 Å². The van der Waals surface area contributed by atoms with Crippen molar-refractivity contribution in [3.63, 3.8) is 0 Å². The van der Waals surface area contributed by atoms with Crippen molar-refractivity contribution in [1.29, 1.82) is 0 Å². The first kappa shape index (κ1) is 21.3. The highest BCUT2D eigenvalue weighted by atomic mass is 35.5. The zero-order valence-electron chi connectivity index (χ0n) is 19.3. The summed E-state index contributed by atoms with van der Waals surface area (Å²) in [6.45, 7) is 12.7. The molecule has 0 radical (unpaired) electrons. The van der Waals surface area contributed by atoms with E-state index in [0.29, 0.717) is 16.2 Å². The number of hydrogen-bond acceptors (Lipinski definition) is 0. The zero-order chi connectivity index (χ0) is 20.1. The minimum absolute atomic E-state index is 0.396. The molecule has 4 aliphatic carbocycles. The van der Waals surface area contributed by atoms with Crippen molar-refractivity contribution in [1.82, 2.24) is 0 Å². The van der Waals surface area contributed by atoms with Gasteiger partial charge in [0.1, 0.15) is 0 Å². The van der Waals surface area contributed by atoms with Crippen LogP contribution < -0.4 is 0 Å². The summed E-state index contributed by atoms with van der Waals surface area (Å²) in [5, 5.41) is 0.396. The summed E-state index contributed by atoms with van der Waals surface area (Å²) < 4.78 is 0. The third kappa shape index (κ3) is 3.52. The highest BCUT2D eigenvalue weighted by Gasteiger charge is 2.58. The molecule has 0 amide bonds. The van der Waals surface area contributed by atoms with E-state index in [4.69, 9.17) is 11.6 Å². The average molecular weight is 405 g/mol. The van der Waals surface area contributed by atoms with Crippen LogP contribution in [-0.4, -0.2) is 5.38 Å². The summed E-state index contributed by atoms with van der Waals surface area (Å²) in [6, 6.07) is 0. The van der Waals surface area contributed by atoms with Crippen LogP contribution in [0.4, 0.5) is 0 Å². The largest absolute Gasteiger partial charge is 0.123 e. The molecule has 0 aromatic heterocycles. The highest BCUT2D eigenvalue weighted by molar-refractivity contribution is 6.20. The maximum Gasteiger partial charge on any atom is 0.0373 e. The Morgan fingerprint density at radius 2 is 1.79 bits per heavy atom. The Morgan fingerprint density at radius 3 is 2.54 bits per heavy atom. The van der Waals surface area contributed by atoms with Crippen molar-refractivity contribution in [3.8, 4) is 0 Å². The molecule has 0 aromatic carbocycles. The summed E-state index contributed by atoms with van der Waals surface area (Å²) in [6.07, 6.45) is 18.0. The summed E-state index contributed by atoms with van der Waals surface area (Å²) in [5.74, 6) is 5.62. The van der Waals surface area contributed by atoms with Gasteiger partial charge >= 0.3 is 0 Å². The monoisotopic (exact) mass is 404 g/mol. The molecule has 0 saturated heterocycles. The second-order valence-corrected chi connectivity index (χ2v) is 12.7. The Hall–Kier alpha value is 0.0300. The Kier molecular flexibility index (Phi) is 6.03. The Balaban J connectivity index is 1.49. The molecule has 28 heavy (non-hydrogen) atoms. The van der Waals surface area contributed by atoms with Crippen LogP contribution in [0.2, 0.25) is 0 Å². The van der Waals surface area contributed by atoms with Crippen LogP contribution in [0.3, 0.4) is 0 Å². The van der Waals surface area contributed by atoms with E-state index in [1.807, 2.05) is 0 Å². The van der Waals surface area contributed by atoms with E-state index in [1.165, 1.54) is 70.6 Å². The second-order valence-electron chi connectivity index (χ2n) is 12.1. The molecular formula is C27H45Cl. The van der Waals surface area contributed by atoms with Gasteiger partial charge in [-0.3, -0.25) is 0 Å². The maximum atomic E-state index is 6.56. The molecule has 8 atom stereocenters. The first-order chi connectivity index (χ1) is 13.3. The lowest BCUT2D eigenvalue weighted by Crippen LogP contribution is -2.50. The molecule has 3 saturated carbocycles. The van der Waals surface area contributed by atoms with E-state index in [1.54, 1.807) is 5.57 Å². The number of alkyl halides is 1. The first-order valence-electron chi connectivity index (χ1n) is 12.6. The molecule has 0 unspecified atom stereocenters. The molecule has 0 aromatic rings. The van der Waals surface area contributed by atoms with Crippen LogP contribution in [0.1, 0.15) is 105 Å². The molecule has 0 heterocycles. The van der Waals surface area contributed by atoms with E-state index < -0.39 is 0 Å². The van der Waals surface area contributed by atoms with Crippen molar-refractivity contribution in [2.45, 2.75) is 111 Å².